The highest BCUT2D eigenvalue weighted by atomic mass is 32.1. The normalized spacial score (nSPS) is 15.4. The van der Waals surface area contributed by atoms with Crippen LogP contribution in [0.5, 0.6) is 0 Å². The standard InChI is InChI=1S/C22H20N4O5S.C2H6/c27-20(25-17-7-3-4-10-23-21(17)28)15-5-1-2-6-16(15)24-22(29)19-12-13-11-14(26(30)31)8-9-18(13)32-19;1-2/h1-2,5-6,8-9,11-12,17H,3-4,7,10H2,(H,23,28)(H,24,29)(H,25,27);1-2H3. The maximum Gasteiger partial charge on any atom is 0.270 e. The van der Waals surface area contributed by atoms with Crippen molar-refractivity contribution in [3.05, 3.63) is 69.1 Å². The van der Waals surface area contributed by atoms with Gasteiger partial charge in [0.15, 0.2) is 0 Å². The lowest BCUT2D eigenvalue weighted by Gasteiger charge is -2.17. The van der Waals surface area contributed by atoms with Gasteiger partial charge in [0.2, 0.25) is 5.91 Å². The van der Waals surface area contributed by atoms with Crippen molar-refractivity contribution < 1.29 is 19.3 Å². The molecule has 0 saturated carbocycles. The first-order chi connectivity index (χ1) is 16.4. The summed E-state index contributed by atoms with van der Waals surface area (Å²) in [6, 6.07) is 11.9. The fourth-order valence-corrected chi connectivity index (χ4v) is 4.48. The summed E-state index contributed by atoms with van der Waals surface area (Å²) in [5.41, 5.74) is 0.508. The number of fused-ring (bicyclic) bond motifs is 1. The van der Waals surface area contributed by atoms with Crippen LogP contribution in [-0.4, -0.2) is 35.2 Å². The Morgan fingerprint density at radius 1 is 1.09 bits per heavy atom. The molecular weight excluding hydrogens is 456 g/mol. The molecule has 1 saturated heterocycles. The second-order valence-corrected chi connectivity index (χ2v) is 8.49. The Kier molecular flexibility index (Phi) is 8.31. The predicted octanol–water partition coefficient (Wildman–Crippen LogP) is 4.49. The summed E-state index contributed by atoms with van der Waals surface area (Å²) in [5.74, 6) is -1.09. The number of carbonyl (C=O) groups excluding carboxylic acids is 3. The number of nitrogens with zero attached hydrogens (tertiary/aromatic N) is 1. The first kappa shape index (κ1) is 24.8. The van der Waals surface area contributed by atoms with Crippen molar-refractivity contribution in [1.82, 2.24) is 10.6 Å². The molecule has 4 rings (SSSR count). The first-order valence-electron chi connectivity index (χ1n) is 11.1. The Morgan fingerprint density at radius 3 is 2.62 bits per heavy atom. The molecule has 2 aromatic carbocycles. The van der Waals surface area contributed by atoms with Gasteiger partial charge in [0.05, 0.1) is 21.1 Å². The zero-order valence-electron chi connectivity index (χ0n) is 18.9. The Balaban J connectivity index is 0.00000158. The van der Waals surface area contributed by atoms with Gasteiger partial charge < -0.3 is 16.0 Å². The molecule has 0 aliphatic carbocycles. The summed E-state index contributed by atoms with van der Waals surface area (Å²) in [6.45, 7) is 4.59. The van der Waals surface area contributed by atoms with E-state index in [1.807, 2.05) is 13.8 Å². The van der Waals surface area contributed by atoms with Gasteiger partial charge in [-0.15, -0.1) is 11.3 Å². The summed E-state index contributed by atoms with van der Waals surface area (Å²) in [5, 5.41) is 19.8. The van der Waals surface area contributed by atoms with Crippen LogP contribution < -0.4 is 16.0 Å². The molecule has 0 spiro atoms. The molecule has 1 fully saturated rings. The molecule has 3 aromatic rings. The van der Waals surface area contributed by atoms with Gasteiger partial charge in [-0.25, -0.2) is 0 Å². The summed E-state index contributed by atoms with van der Waals surface area (Å²) >= 11 is 1.20. The van der Waals surface area contributed by atoms with Gasteiger partial charge in [0.25, 0.3) is 17.5 Å². The Bertz CT molecular complexity index is 1220. The van der Waals surface area contributed by atoms with Gasteiger partial charge in [-0.2, -0.15) is 0 Å². The van der Waals surface area contributed by atoms with E-state index >= 15 is 0 Å². The molecule has 0 bridgehead atoms. The summed E-state index contributed by atoms with van der Waals surface area (Å²) in [7, 11) is 0. The van der Waals surface area contributed by atoms with Crippen LogP contribution in [-0.2, 0) is 4.79 Å². The number of hydrogen-bond donors (Lipinski definition) is 3. The number of para-hydroxylation sites is 1. The monoisotopic (exact) mass is 482 g/mol. The van der Waals surface area contributed by atoms with E-state index in [9.17, 15) is 24.5 Å². The smallest absolute Gasteiger partial charge is 0.270 e. The third-order valence-electron chi connectivity index (χ3n) is 5.20. The highest BCUT2D eigenvalue weighted by molar-refractivity contribution is 7.20. The molecule has 1 aliphatic rings. The molecule has 3 N–H and O–H groups in total. The molecule has 1 unspecified atom stereocenters. The van der Waals surface area contributed by atoms with E-state index in [1.165, 1.54) is 23.5 Å². The number of rotatable bonds is 5. The number of anilines is 1. The Morgan fingerprint density at radius 2 is 1.85 bits per heavy atom. The maximum atomic E-state index is 12.8. The van der Waals surface area contributed by atoms with E-state index in [1.54, 1.807) is 36.4 Å². The molecule has 1 aromatic heterocycles. The number of carbonyl (C=O) groups is 3. The lowest BCUT2D eigenvalue weighted by atomic mass is 10.1. The van der Waals surface area contributed by atoms with E-state index in [2.05, 4.69) is 16.0 Å². The molecule has 1 aliphatic heterocycles. The van der Waals surface area contributed by atoms with Crippen LogP contribution >= 0.6 is 11.3 Å². The second-order valence-electron chi connectivity index (χ2n) is 7.40. The molecular formula is C24H26N4O5S. The first-order valence-corrected chi connectivity index (χ1v) is 11.9. The van der Waals surface area contributed by atoms with Gasteiger partial charge in [-0.3, -0.25) is 24.5 Å². The van der Waals surface area contributed by atoms with Gasteiger partial charge in [-0.1, -0.05) is 26.0 Å². The highest BCUT2D eigenvalue weighted by Crippen LogP contribution is 2.29. The molecule has 3 amide bonds. The number of hydrogen-bond acceptors (Lipinski definition) is 6. The summed E-state index contributed by atoms with van der Waals surface area (Å²) < 4.78 is 0.742. The zero-order chi connectivity index (χ0) is 24.7. The lowest BCUT2D eigenvalue weighted by molar-refractivity contribution is -0.384. The number of benzene rings is 2. The topological polar surface area (TPSA) is 130 Å². The molecule has 34 heavy (non-hydrogen) atoms. The number of nitrogens with one attached hydrogen (secondary N) is 3. The van der Waals surface area contributed by atoms with Gasteiger partial charge in [-0.05, 0) is 43.5 Å². The number of thiophene rings is 1. The molecule has 178 valence electrons. The van der Waals surface area contributed by atoms with E-state index in [4.69, 9.17) is 0 Å². The molecule has 2 heterocycles. The fraction of sp³-hybridized carbons (Fsp3) is 0.292. The van der Waals surface area contributed by atoms with Crippen LogP contribution in [0.3, 0.4) is 0 Å². The largest absolute Gasteiger partial charge is 0.354 e. The number of non-ortho nitro benzene ring substituents is 1. The quantitative estimate of drug-likeness (QED) is 0.364. The average molecular weight is 483 g/mol. The van der Waals surface area contributed by atoms with Crippen LogP contribution in [0.1, 0.15) is 53.1 Å². The number of amides is 3. The van der Waals surface area contributed by atoms with Crippen molar-refractivity contribution in [3.8, 4) is 0 Å². The Labute approximate surface area is 200 Å². The van der Waals surface area contributed by atoms with Crippen molar-refractivity contribution in [2.24, 2.45) is 0 Å². The van der Waals surface area contributed by atoms with Crippen LogP contribution in [0.15, 0.2) is 48.5 Å². The lowest BCUT2D eigenvalue weighted by Crippen LogP contribution is -2.45. The van der Waals surface area contributed by atoms with Crippen molar-refractivity contribution in [1.29, 1.82) is 0 Å². The zero-order valence-corrected chi connectivity index (χ0v) is 19.7. The fourth-order valence-electron chi connectivity index (χ4n) is 3.54. The number of nitro groups is 1. The summed E-state index contributed by atoms with van der Waals surface area (Å²) in [4.78, 5) is 48.7. The van der Waals surface area contributed by atoms with E-state index in [0.29, 0.717) is 28.9 Å². The third-order valence-corrected chi connectivity index (χ3v) is 6.31. The van der Waals surface area contributed by atoms with Crippen molar-refractivity contribution in [2.75, 3.05) is 11.9 Å². The average Bonchev–Trinajstić information content (AvgIpc) is 3.18. The third kappa shape index (κ3) is 5.76. The molecule has 1 atom stereocenters. The van der Waals surface area contributed by atoms with Crippen LogP contribution in [0, 0.1) is 10.1 Å². The van der Waals surface area contributed by atoms with E-state index < -0.39 is 22.8 Å². The minimum absolute atomic E-state index is 0.0492. The molecule has 0 radical (unpaired) electrons. The predicted molar refractivity (Wildman–Crippen MR) is 132 cm³/mol. The van der Waals surface area contributed by atoms with E-state index in [0.717, 1.165) is 17.5 Å². The minimum Gasteiger partial charge on any atom is -0.354 e. The van der Waals surface area contributed by atoms with Crippen LogP contribution in [0.25, 0.3) is 10.1 Å². The van der Waals surface area contributed by atoms with Crippen LogP contribution in [0.2, 0.25) is 0 Å². The van der Waals surface area contributed by atoms with Crippen molar-refractivity contribution in [3.63, 3.8) is 0 Å². The van der Waals surface area contributed by atoms with E-state index in [-0.39, 0.29) is 17.2 Å². The van der Waals surface area contributed by atoms with Crippen molar-refractivity contribution in [2.45, 2.75) is 39.2 Å². The SMILES string of the molecule is CC.O=C(Nc1ccccc1C(=O)NC1CCCCNC1=O)c1cc2cc([N+](=O)[O-])ccc2s1. The maximum absolute atomic E-state index is 12.8. The summed E-state index contributed by atoms with van der Waals surface area (Å²) in [6.07, 6.45) is 2.25. The molecule has 10 heteroatoms. The van der Waals surface area contributed by atoms with Gasteiger partial charge in [0.1, 0.15) is 6.04 Å². The molecule has 9 nitrogen and oxygen atoms in total. The van der Waals surface area contributed by atoms with Crippen molar-refractivity contribution >= 4 is 50.5 Å². The van der Waals surface area contributed by atoms with Gasteiger partial charge in [0, 0.05) is 28.8 Å². The van der Waals surface area contributed by atoms with Crippen LogP contribution in [0.4, 0.5) is 11.4 Å². The Hall–Kier alpha value is -3.79. The highest BCUT2D eigenvalue weighted by Gasteiger charge is 2.24. The minimum atomic E-state index is -0.618. The second kappa shape index (κ2) is 11.4. The van der Waals surface area contributed by atoms with Gasteiger partial charge >= 0.3 is 0 Å². The number of nitro benzene ring substituents is 1.